The molecule has 0 atom stereocenters. The maximum atomic E-state index is 12.7. The number of amides is 1. The number of hydrogen-bond donors (Lipinski definition) is 1. The van der Waals surface area contributed by atoms with Crippen molar-refractivity contribution in [3.05, 3.63) is 30.9 Å². The molecule has 1 saturated heterocycles. The van der Waals surface area contributed by atoms with Crippen molar-refractivity contribution >= 4 is 32.7 Å². The van der Waals surface area contributed by atoms with Crippen LogP contribution in [0.3, 0.4) is 0 Å². The summed E-state index contributed by atoms with van der Waals surface area (Å²) < 4.78 is 0. The van der Waals surface area contributed by atoms with Crippen LogP contribution in [0.1, 0.15) is 44.9 Å². The molecule has 8 heteroatoms. The summed E-state index contributed by atoms with van der Waals surface area (Å²) in [6.07, 6.45) is 12.9. The molecule has 1 aliphatic heterocycles. The average molecular weight is 423 g/mol. The van der Waals surface area contributed by atoms with Gasteiger partial charge in [0.2, 0.25) is 5.91 Å². The molecule has 2 fully saturated rings. The summed E-state index contributed by atoms with van der Waals surface area (Å²) in [5.41, 5.74) is 2.67. The Morgan fingerprint density at radius 3 is 2.53 bits per heavy atom. The Morgan fingerprint density at radius 2 is 1.77 bits per heavy atom. The first-order valence-electron chi connectivity index (χ1n) is 10.8. The minimum absolute atomic E-state index is 0.125. The highest BCUT2D eigenvalue weighted by Gasteiger charge is 2.28. The monoisotopic (exact) mass is 422 g/mol. The second kappa shape index (κ2) is 8.63. The van der Waals surface area contributed by atoms with Crippen LogP contribution in [0, 0.1) is 5.92 Å². The highest BCUT2D eigenvalue weighted by Crippen LogP contribution is 2.32. The number of anilines is 1. The lowest BCUT2D eigenvalue weighted by Crippen LogP contribution is -2.44. The first-order valence-corrected chi connectivity index (χ1v) is 11.7. The standard InChI is InChI=1S/C22H26N6OS/c29-20(25-17-4-2-1-3-5-17)15-8-10-28(11-9-15)22-27-19-7-6-18(26-21(19)30-22)16-12-23-14-24-13-16/h6-7,12-15,17H,1-5,8-11H2,(H,25,29). The summed E-state index contributed by atoms with van der Waals surface area (Å²) in [5.74, 6) is 0.377. The molecule has 156 valence electrons. The molecule has 1 N–H and O–H groups in total. The molecule has 0 bridgehead atoms. The smallest absolute Gasteiger partial charge is 0.223 e. The first kappa shape index (κ1) is 19.4. The predicted octanol–water partition coefficient (Wildman–Crippen LogP) is 3.81. The highest BCUT2D eigenvalue weighted by atomic mass is 32.1. The molecular weight excluding hydrogens is 396 g/mol. The molecule has 4 heterocycles. The van der Waals surface area contributed by atoms with Crippen molar-refractivity contribution in [1.29, 1.82) is 0 Å². The van der Waals surface area contributed by atoms with Crippen LogP contribution in [-0.2, 0) is 4.79 Å². The quantitative estimate of drug-likeness (QED) is 0.688. The van der Waals surface area contributed by atoms with E-state index in [9.17, 15) is 4.79 Å². The molecule has 30 heavy (non-hydrogen) atoms. The van der Waals surface area contributed by atoms with Gasteiger partial charge in [0.05, 0.1) is 5.69 Å². The molecule has 0 radical (unpaired) electrons. The largest absolute Gasteiger partial charge is 0.353 e. The van der Waals surface area contributed by atoms with E-state index in [2.05, 4.69) is 20.2 Å². The lowest BCUT2D eigenvalue weighted by molar-refractivity contribution is -0.126. The number of nitrogens with one attached hydrogen (secondary N) is 1. The van der Waals surface area contributed by atoms with E-state index in [1.54, 1.807) is 23.7 Å². The van der Waals surface area contributed by atoms with Gasteiger partial charge in [-0.2, -0.15) is 0 Å². The van der Waals surface area contributed by atoms with Crippen molar-refractivity contribution in [2.24, 2.45) is 5.92 Å². The Kier molecular flexibility index (Phi) is 5.57. The molecule has 1 amide bonds. The van der Waals surface area contributed by atoms with Crippen LogP contribution in [0.4, 0.5) is 5.13 Å². The fourth-order valence-corrected chi connectivity index (χ4v) is 5.42. The Labute approximate surface area is 180 Å². The minimum atomic E-state index is 0.125. The summed E-state index contributed by atoms with van der Waals surface area (Å²) in [5, 5.41) is 4.29. The van der Waals surface area contributed by atoms with Crippen LogP contribution < -0.4 is 10.2 Å². The zero-order valence-corrected chi connectivity index (χ0v) is 17.8. The molecular formula is C22H26N6OS. The van der Waals surface area contributed by atoms with Gasteiger partial charge < -0.3 is 10.2 Å². The van der Waals surface area contributed by atoms with Gasteiger partial charge in [0.15, 0.2) is 5.13 Å². The van der Waals surface area contributed by atoms with Crippen molar-refractivity contribution < 1.29 is 4.79 Å². The van der Waals surface area contributed by atoms with Crippen molar-refractivity contribution in [3.8, 4) is 11.3 Å². The Morgan fingerprint density at radius 1 is 1.00 bits per heavy atom. The van der Waals surface area contributed by atoms with Crippen LogP contribution in [0.2, 0.25) is 0 Å². The molecule has 5 rings (SSSR count). The number of pyridine rings is 1. The van der Waals surface area contributed by atoms with Gasteiger partial charge in [-0.05, 0) is 37.8 Å². The van der Waals surface area contributed by atoms with E-state index in [1.165, 1.54) is 25.6 Å². The lowest BCUT2D eigenvalue weighted by Gasteiger charge is -2.32. The number of carbonyl (C=O) groups excluding carboxylic acids is 1. The number of nitrogens with zero attached hydrogens (tertiary/aromatic N) is 5. The van der Waals surface area contributed by atoms with Gasteiger partial charge in [-0.1, -0.05) is 30.6 Å². The van der Waals surface area contributed by atoms with E-state index in [0.717, 1.165) is 65.5 Å². The summed E-state index contributed by atoms with van der Waals surface area (Å²) in [4.78, 5) is 33.6. The minimum Gasteiger partial charge on any atom is -0.353 e. The number of fused-ring (bicyclic) bond motifs is 1. The molecule has 1 saturated carbocycles. The Balaban J connectivity index is 1.23. The third-order valence-corrected chi connectivity index (χ3v) is 7.21. The van der Waals surface area contributed by atoms with E-state index in [-0.39, 0.29) is 11.8 Å². The number of carbonyl (C=O) groups is 1. The van der Waals surface area contributed by atoms with Gasteiger partial charge >= 0.3 is 0 Å². The summed E-state index contributed by atoms with van der Waals surface area (Å²) in [6.45, 7) is 1.73. The number of thiazole rings is 1. The Bertz CT molecular complexity index is 1010. The van der Waals surface area contributed by atoms with Crippen LogP contribution in [0.15, 0.2) is 30.9 Å². The first-order chi connectivity index (χ1) is 14.8. The van der Waals surface area contributed by atoms with E-state index < -0.39 is 0 Å². The van der Waals surface area contributed by atoms with Crippen molar-refractivity contribution in [2.45, 2.75) is 51.0 Å². The van der Waals surface area contributed by atoms with Crippen LogP contribution in [-0.4, -0.2) is 45.0 Å². The van der Waals surface area contributed by atoms with Gasteiger partial charge in [-0.3, -0.25) is 4.79 Å². The lowest BCUT2D eigenvalue weighted by atomic mass is 9.92. The molecule has 0 spiro atoms. The molecule has 0 unspecified atom stereocenters. The summed E-state index contributed by atoms with van der Waals surface area (Å²) in [6, 6.07) is 4.37. The number of aromatic nitrogens is 4. The zero-order chi connectivity index (χ0) is 20.3. The zero-order valence-electron chi connectivity index (χ0n) is 17.0. The third kappa shape index (κ3) is 4.14. The van der Waals surface area contributed by atoms with Gasteiger partial charge in [-0.25, -0.2) is 19.9 Å². The van der Waals surface area contributed by atoms with Gasteiger partial charge in [-0.15, -0.1) is 0 Å². The average Bonchev–Trinajstić information content (AvgIpc) is 3.24. The topological polar surface area (TPSA) is 83.9 Å². The van der Waals surface area contributed by atoms with Gasteiger partial charge in [0.25, 0.3) is 0 Å². The fourth-order valence-electron chi connectivity index (χ4n) is 4.43. The normalized spacial score (nSPS) is 18.6. The van der Waals surface area contributed by atoms with Crippen LogP contribution in [0.5, 0.6) is 0 Å². The number of hydrogen-bond acceptors (Lipinski definition) is 7. The highest BCUT2D eigenvalue weighted by molar-refractivity contribution is 7.21. The molecule has 1 aliphatic carbocycles. The van der Waals surface area contributed by atoms with Crippen LogP contribution >= 0.6 is 11.3 Å². The fraction of sp³-hybridized carbons (Fsp3) is 0.500. The predicted molar refractivity (Wildman–Crippen MR) is 118 cm³/mol. The maximum Gasteiger partial charge on any atom is 0.223 e. The maximum absolute atomic E-state index is 12.7. The second-order valence-corrected chi connectivity index (χ2v) is 9.21. The third-order valence-electron chi connectivity index (χ3n) is 6.19. The molecule has 7 nitrogen and oxygen atoms in total. The van der Waals surface area contributed by atoms with Crippen molar-refractivity contribution in [1.82, 2.24) is 25.3 Å². The molecule has 3 aromatic heterocycles. The van der Waals surface area contributed by atoms with Gasteiger partial charge in [0, 0.05) is 43.0 Å². The van der Waals surface area contributed by atoms with Gasteiger partial charge in [0.1, 0.15) is 16.7 Å². The van der Waals surface area contributed by atoms with Crippen LogP contribution in [0.25, 0.3) is 21.6 Å². The second-order valence-electron chi connectivity index (χ2n) is 8.25. The van der Waals surface area contributed by atoms with Crippen molar-refractivity contribution in [3.63, 3.8) is 0 Å². The summed E-state index contributed by atoms with van der Waals surface area (Å²) in [7, 11) is 0. The summed E-state index contributed by atoms with van der Waals surface area (Å²) >= 11 is 1.61. The molecule has 2 aliphatic rings. The Hall–Kier alpha value is -2.61. The molecule has 3 aromatic rings. The van der Waals surface area contributed by atoms with Crippen molar-refractivity contribution in [2.75, 3.05) is 18.0 Å². The number of rotatable bonds is 4. The number of piperidine rings is 1. The van der Waals surface area contributed by atoms with E-state index in [1.807, 2.05) is 12.1 Å². The SMILES string of the molecule is O=C(NC1CCCCC1)C1CCN(c2nc3ccc(-c4cncnc4)nc3s2)CC1. The van der Waals surface area contributed by atoms with E-state index in [4.69, 9.17) is 9.97 Å². The van der Waals surface area contributed by atoms with E-state index >= 15 is 0 Å². The molecule has 0 aromatic carbocycles. The van der Waals surface area contributed by atoms with E-state index in [0.29, 0.717) is 6.04 Å².